The number of rotatable bonds is 4. The molecule has 0 aromatic heterocycles. The zero-order valence-electron chi connectivity index (χ0n) is 10.6. The number of hydrogen-bond acceptors (Lipinski definition) is 2. The second-order valence-electron chi connectivity index (χ2n) is 4.23. The summed E-state index contributed by atoms with van der Waals surface area (Å²) in [5, 5.41) is 0. The number of carbonyl (C=O) groups is 1. The van der Waals surface area contributed by atoms with Gasteiger partial charge in [0.05, 0.1) is 7.11 Å². The van der Waals surface area contributed by atoms with Gasteiger partial charge in [-0.05, 0) is 17.7 Å². The lowest BCUT2D eigenvalue weighted by Crippen LogP contribution is -2.09. The minimum absolute atomic E-state index is 0.111. The lowest BCUT2D eigenvalue weighted by molar-refractivity contribution is 0.0966. The van der Waals surface area contributed by atoms with Crippen LogP contribution >= 0.6 is 0 Å². The predicted octanol–water partition coefficient (Wildman–Crippen LogP) is 3.68. The average Bonchev–Trinajstić information content (AvgIpc) is 2.46. The highest BCUT2D eigenvalue weighted by atomic mass is 16.5. The first-order chi connectivity index (χ1) is 8.72. The highest BCUT2D eigenvalue weighted by molar-refractivity contribution is 6.01. The molecule has 0 N–H and O–H groups in total. The van der Waals surface area contributed by atoms with E-state index in [4.69, 9.17) is 4.74 Å². The first-order valence-corrected chi connectivity index (χ1v) is 5.95. The van der Waals surface area contributed by atoms with Crippen LogP contribution in [-0.2, 0) is 0 Å². The van der Waals surface area contributed by atoms with E-state index in [1.807, 2.05) is 55.5 Å². The van der Waals surface area contributed by atoms with E-state index in [0.29, 0.717) is 11.3 Å². The average molecular weight is 240 g/mol. The summed E-state index contributed by atoms with van der Waals surface area (Å²) in [4.78, 5) is 12.4. The third-order valence-electron chi connectivity index (χ3n) is 3.05. The van der Waals surface area contributed by atoms with E-state index in [1.165, 1.54) is 0 Å². The smallest absolute Gasteiger partial charge is 0.170 e. The van der Waals surface area contributed by atoms with Gasteiger partial charge in [0.25, 0.3) is 0 Å². The number of benzene rings is 2. The highest BCUT2D eigenvalue weighted by Crippen LogP contribution is 2.22. The summed E-state index contributed by atoms with van der Waals surface area (Å²) in [6.07, 6.45) is 0. The van der Waals surface area contributed by atoms with Crippen molar-refractivity contribution in [3.05, 3.63) is 65.7 Å². The maximum atomic E-state index is 12.4. The summed E-state index contributed by atoms with van der Waals surface area (Å²) in [6, 6.07) is 17.1. The standard InChI is InChI=1S/C16H16O2/c1-12(13-7-4-3-5-8-13)16(17)14-9-6-10-15(11-14)18-2/h3-12H,1-2H3/t12-/m1/s1. The Morgan fingerprint density at radius 3 is 2.44 bits per heavy atom. The Hall–Kier alpha value is -2.09. The van der Waals surface area contributed by atoms with Crippen LogP contribution in [0, 0.1) is 0 Å². The summed E-state index contributed by atoms with van der Waals surface area (Å²) < 4.78 is 5.14. The minimum atomic E-state index is -0.140. The molecule has 0 unspecified atom stereocenters. The third-order valence-corrected chi connectivity index (χ3v) is 3.05. The summed E-state index contributed by atoms with van der Waals surface area (Å²) in [5.41, 5.74) is 1.72. The van der Waals surface area contributed by atoms with Crippen molar-refractivity contribution in [2.45, 2.75) is 12.8 Å². The van der Waals surface area contributed by atoms with E-state index in [1.54, 1.807) is 13.2 Å². The van der Waals surface area contributed by atoms with Gasteiger partial charge in [-0.2, -0.15) is 0 Å². The molecular weight excluding hydrogens is 224 g/mol. The van der Waals surface area contributed by atoms with E-state index in [-0.39, 0.29) is 11.7 Å². The molecule has 0 saturated carbocycles. The van der Waals surface area contributed by atoms with Crippen LogP contribution in [0.25, 0.3) is 0 Å². The first kappa shape index (κ1) is 12.4. The lowest BCUT2D eigenvalue weighted by atomic mass is 9.92. The minimum Gasteiger partial charge on any atom is -0.497 e. The summed E-state index contributed by atoms with van der Waals surface area (Å²) >= 11 is 0. The van der Waals surface area contributed by atoms with Crippen LogP contribution in [0.2, 0.25) is 0 Å². The summed E-state index contributed by atoms with van der Waals surface area (Å²) in [7, 11) is 1.60. The van der Waals surface area contributed by atoms with Gasteiger partial charge in [-0.1, -0.05) is 49.4 Å². The number of hydrogen-bond donors (Lipinski definition) is 0. The topological polar surface area (TPSA) is 26.3 Å². The van der Waals surface area contributed by atoms with E-state index in [0.717, 1.165) is 5.56 Å². The van der Waals surface area contributed by atoms with Crippen LogP contribution in [-0.4, -0.2) is 12.9 Å². The molecule has 0 radical (unpaired) electrons. The van der Waals surface area contributed by atoms with Gasteiger partial charge in [-0.15, -0.1) is 0 Å². The van der Waals surface area contributed by atoms with Crippen molar-refractivity contribution in [3.63, 3.8) is 0 Å². The Morgan fingerprint density at radius 2 is 1.78 bits per heavy atom. The molecule has 0 heterocycles. The van der Waals surface area contributed by atoms with Crippen LogP contribution in [0.3, 0.4) is 0 Å². The fourth-order valence-corrected chi connectivity index (χ4v) is 1.92. The lowest BCUT2D eigenvalue weighted by Gasteiger charge is -2.11. The first-order valence-electron chi connectivity index (χ1n) is 5.95. The van der Waals surface area contributed by atoms with Gasteiger partial charge >= 0.3 is 0 Å². The van der Waals surface area contributed by atoms with Crippen LogP contribution in [0.15, 0.2) is 54.6 Å². The van der Waals surface area contributed by atoms with Gasteiger partial charge in [-0.25, -0.2) is 0 Å². The highest BCUT2D eigenvalue weighted by Gasteiger charge is 2.17. The quantitative estimate of drug-likeness (QED) is 0.762. The van der Waals surface area contributed by atoms with Crippen molar-refractivity contribution in [2.75, 3.05) is 7.11 Å². The maximum Gasteiger partial charge on any atom is 0.170 e. The number of methoxy groups -OCH3 is 1. The fourth-order valence-electron chi connectivity index (χ4n) is 1.92. The molecular formula is C16H16O2. The molecule has 0 bridgehead atoms. The monoisotopic (exact) mass is 240 g/mol. The molecule has 2 aromatic rings. The molecule has 0 fully saturated rings. The molecule has 2 heteroatoms. The molecule has 0 saturated heterocycles. The molecule has 0 spiro atoms. The van der Waals surface area contributed by atoms with Crippen LogP contribution in [0.1, 0.15) is 28.8 Å². The molecule has 0 aliphatic heterocycles. The van der Waals surface area contributed by atoms with E-state index in [2.05, 4.69) is 0 Å². The zero-order valence-corrected chi connectivity index (χ0v) is 10.6. The molecule has 0 amide bonds. The number of ketones is 1. The van der Waals surface area contributed by atoms with Crippen molar-refractivity contribution >= 4 is 5.78 Å². The largest absolute Gasteiger partial charge is 0.497 e. The number of ether oxygens (including phenoxy) is 1. The van der Waals surface area contributed by atoms with E-state index < -0.39 is 0 Å². The van der Waals surface area contributed by atoms with Crippen molar-refractivity contribution in [1.29, 1.82) is 0 Å². The van der Waals surface area contributed by atoms with Gasteiger partial charge in [0, 0.05) is 11.5 Å². The molecule has 0 aliphatic carbocycles. The van der Waals surface area contributed by atoms with E-state index in [9.17, 15) is 4.79 Å². The van der Waals surface area contributed by atoms with Gasteiger partial charge in [0.1, 0.15) is 5.75 Å². The third kappa shape index (κ3) is 2.59. The Balaban J connectivity index is 2.25. The second kappa shape index (κ2) is 5.50. The van der Waals surface area contributed by atoms with E-state index >= 15 is 0 Å². The van der Waals surface area contributed by atoms with Crippen LogP contribution < -0.4 is 4.74 Å². The Bertz CT molecular complexity index is 532. The summed E-state index contributed by atoms with van der Waals surface area (Å²) in [5.74, 6) is 0.680. The molecule has 1 atom stereocenters. The molecule has 18 heavy (non-hydrogen) atoms. The fraction of sp³-hybridized carbons (Fsp3) is 0.188. The Labute approximate surface area is 107 Å². The van der Waals surface area contributed by atoms with Gasteiger partial charge in [0.15, 0.2) is 5.78 Å². The predicted molar refractivity (Wildman–Crippen MR) is 72.2 cm³/mol. The SMILES string of the molecule is COc1cccc(C(=O)[C@H](C)c2ccccc2)c1. The maximum absolute atomic E-state index is 12.4. The number of carbonyl (C=O) groups excluding carboxylic acids is 1. The van der Waals surface area contributed by atoms with Crippen molar-refractivity contribution in [3.8, 4) is 5.75 Å². The Morgan fingerprint density at radius 1 is 1.06 bits per heavy atom. The zero-order chi connectivity index (χ0) is 13.0. The molecule has 2 rings (SSSR count). The van der Waals surface area contributed by atoms with Crippen LogP contribution in [0.4, 0.5) is 0 Å². The Kier molecular flexibility index (Phi) is 3.78. The van der Waals surface area contributed by atoms with Gasteiger partial charge in [-0.3, -0.25) is 4.79 Å². The molecule has 0 aliphatic rings. The summed E-state index contributed by atoms with van der Waals surface area (Å²) in [6.45, 7) is 1.93. The second-order valence-corrected chi connectivity index (χ2v) is 4.23. The van der Waals surface area contributed by atoms with Crippen LogP contribution in [0.5, 0.6) is 5.75 Å². The molecule has 2 aromatic carbocycles. The van der Waals surface area contributed by atoms with Gasteiger partial charge < -0.3 is 4.74 Å². The molecule has 92 valence electrons. The molecule has 2 nitrogen and oxygen atoms in total. The number of Topliss-reactive ketones (excluding diaryl/α,β-unsaturated/α-hetero) is 1. The van der Waals surface area contributed by atoms with Crippen molar-refractivity contribution < 1.29 is 9.53 Å². The van der Waals surface area contributed by atoms with Gasteiger partial charge in [0.2, 0.25) is 0 Å². The van der Waals surface area contributed by atoms with Crippen molar-refractivity contribution in [2.24, 2.45) is 0 Å². The van der Waals surface area contributed by atoms with Crippen molar-refractivity contribution in [1.82, 2.24) is 0 Å². The normalized spacial score (nSPS) is 11.9.